The van der Waals surface area contributed by atoms with Gasteiger partial charge in [-0.05, 0) is 0 Å². The minimum absolute atomic E-state index is 0. The van der Waals surface area contributed by atoms with Crippen LogP contribution in [0.2, 0.25) is 0 Å². The van der Waals surface area contributed by atoms with Crippen LogP contribution >= 0.6 is 0 Å². The Morgan fingerprint density at radius 1 is 0.333 bits per heavy atom. The summed E-state index contributed by atoms with van der Waals surface area (Å²) in [6, 6.07) is 0. The van der Waals surface area contributed by atoms with Gasteiger partial charge in [-0.3, -0.25) is 0 Å². The Morgan fingerprint density at radius 2 is 0.333 bits per heavy atom. The summed E-state index contributed by atoms with van der Waals surface area (Å²) in [6.07, 6.45) is 0. The van der Waals surface area contributed by atoms with E-state index in [4.69, 9.17) is 0 Å². The van der Waals surface area contributed by atoms with Gasteiger partial charge in [-0.15, -0.1) is 0 Å². The third kappa shape index (κ3) is 51.3. The van der Waals surface area contributed by atoms with E-state index in [-0.39, 0.29) is 239 Å². The van der Waals surface area contributed by atoms with Crippen LogP contribution in [-0.2, 0) is 0 Å². The normalized spacial score (nSPS) is 0. The van der Waals surface area contributed by atoms with E-state index >= 15 is 0 Å². The molecule has 0 aromatic carbocycles. The van der Waals surface area contributed by atoms with Crippen molar-refractivity contribution in [2.75, 3.05) is 0 Å². The quantitative estimate of drug-likeness (QED) is 0.389. The van der Waals surface area contributed by atoms with Gasteiger partial charge < -0.3 is 62.0 Å². The van der Waals surface area contributed by atoms with Gasteiger partial charge in [0.25, 0.3) is 0 Å². The molecule has 0 saturated carbocycles. The number of rotatable bonds is 0. The average molecular weight is 319 g/mol. The van der Waals surface area contributed by atoms with Gasteiger partial charge in [0.15, 0.2) is 0 Å². The van der Waals surface area contributed by atoms with Crippen molar-refractivity contribution in [3.8, 4) is 0 Å². The molecular weight excluding hydrogens is 319 g/mol. The molecule has 0 rings (SSSR count). The summed E-state index contributed by atoms with van der Waals surface area (Å²) >= 11 is 0. The second-order valence-corrected chi connectivity index (χ2v) is 0. The van der Waals surface area contributed by atoms with Gasteiger partial charge in [0.05, 0.1) is 0 Å². The van der Waals surface area contributed by atoms with Gasteiger partial charge >= 0.3 is 177 Å². The second-order valence-electron chi connectivity index (χ2n) is 0. The predicted molar refractivity (Wildman–Crippen MR) is 5.75 cm³/mol. The van der Waals surface area contributed by atoms with Crippen LogP contribution in [0.15, 0.2) is 0 Å². The molecule has 0 fully saturated rings. The zero-order valence-electron chi connectivity index (χ0n) is 5.60. The van der Waals surface area contributed by atoms with Crippen LogP contribution in [0.25, 0.3) is 0 Å². The molecule has 0 spiro atoms. The molecule has 0 amide bonds. The summed E-state index contributed by atoms with van der Waals surface area (Å²) in [7, 11) is 0. The molecule has 9 heavy (non-hydrogen) atoms. The standard InChI is InChI=1S/5ClH.3K.Mg/h5*1H;;;;/q;;;;;3*+1;+2/p-5. The Labute approximate surface area is 231 Å². The zero-order valence-corrected chi connectivity index (χ0v) is 20.2. The predicted octanol–water partition coefficient (Wildman–Crippen LogP) is -24.3. The Hall–Kier alpha value is 7.13. The van der Waals surface area contributed by atoms with Crippen molar-refractivity contribution in [3.63, 3.8) is 0 Å². The van der Waals surface area contributed by atoms with Gasteiger partial charge in [0.1, 0.15) is 0 Å². The third-order valence-corrected chi connectivity index (χ3v) is 0. The maximum Gasteiger partial charge on any atom is 2.00 e. The fraction of sp³-hybridized carbons (Fsp3) is 0. The maximum absolute atomic E-state index is 0. The first-order valence-electron chi connectivity index (χ1n) is 0. The van der Waals surface area contributed by atoms with Gasteiger partial charge in [-0.25, -0.2) is 0 Å². The molecule has 0 bridgehead atoms. The molecule has 0 aliphatic rings. The van der Waals surface area contributed by atoms with Crippen LogP contribution in [-0.4, -0.2) is 23.1 Å². The van der Waals surface area contributed by atoms with E-state index < -0.39 is 0 Å². The smallest absolute Gasteiger partial charge is 1.00 e. The Bertz CT molecular complexity index is 12.2. The van der Waals surface area contributed by atoms with Crippen molar-refractivity contribution in [2.45, 2.75) is 0 Å². The molecule has 0 aliphatic heterocycles. The summed E-state index contributed by atoms with van der Waals surface area (Å²) in [5.74, 6) is 0. The number of hydrogen-bond donors (Lipinski definition) is 0. The fourth-order valence-corrected chi connectivity index (χ4v) is 0. The van der Waals surface area contributed by atoms with E-state index in [1.165, 1.54) is 0 Å². The fourth-order valence-electron chi connectivity index (χ4n) is 0. The Morgan fingerprint density at radius 3 is 0.333 bits per heavy atom. The van der Waals surface area contributed by atoms with E-state index in [0.29, 0.717) is 0 Å². The largest absolute Gasteiger partial charge is 2.00 e. The first kappa shape index (κ1) is 72.7. The summed E-state index contributed by atoms with van der Waals surface area (Å²) in [5, 5.41) is 0. The second kappa shape index (κ2) is 59.4. The summed E-state index contributed by atoms with van der Waals surface area (Å²) in [5.41, 5.74) is 0. The molecule has 0 aromatic rings. The molecular formula is Cl5K3Mg. The van der Waals surface area contributed by atoms with E-state index in [1.807, 2.05) is 0 Å². The van der Waals surface area contributed by atoms with Crippen molar-refractivity contribution < 1.29 is 216 Å². The summed E-state index contributed by atoms with van der Waals surface area (Å²) < 4.78 is 0. The first-order valence-corrected chi connectivity index (χ1v) is 0. The summed E-state index contributed by atoms with van der Waals surface area (Å²) in [6.45, 7) is 0. The van der Waals surface area contributed by atoms with Crippen molar-refractivity contribution in [2.24, 2.45) is 0 Å². The van der Waals surface area contributed by atoms with Crippen LogP contribution in [0.5, 0.6) is 0 Å². The third-order valence-electron chi connectivity index (χ3n) is 0. The molecule has 0 saturated heterocycles. The number of halogens is 5. The summed E-state index contributed by atoms with van der Waals surface area (Å²) in [4.78, 5) is 0. The topological polar surface area (TPSA) is 0 Å². The van der Waals surface area contributed by atoms with Crippen LogP contribution in [0.4, 0.5) is 0 Å². The average Bonchev–Trinajstić information content (AvgIpc) is 0. The van der Waals surface area contributed by atoms with E-state index in [9.17, 15) is 0 Å². The van der Waals surface area contributed by atoms with Gasteiger partial charge in [0, 0.05) is 0 Å². The van der Waals surface area contributed by atoms with E-state index in [1.54, 1.807) is 0 Å². The molecule has 40 valence electrons. The first-order chi connectivity index (χ1) is 0. The van der Waals surface area contributed by atoms with Crippen molar-refractivity contribution in [1.82, 2.24) is 0 Å². The molecule has 0 atom stereocenters. The minimum Gasteiger partial charge on any atom is -1.00 e. The molecule has 0 nitrogen and oxygen atoms in total. The molecule has 0 aliphatic carbocycles. The molecule has 0 radical (unpaired) electrons. The van der Waals surface area contributed by atoms with E-state index in [0.717, 1.165) is 0 Å². The molecule has 0 N–H and O–H groups in total. The molecule has 9 heteroatoms. The van der Waals surface area contributed by atoms with Crippen molar-refractivity contribution in [3.05, 3.63) is 0 Å². The van der Waals surface area contributed by atoms with Gasteiger partial charge in [-0.2, -0.15) is 0 Å². The molecule has 0 unspecified atom stereocenters. The van der Waals surface area contributed by atoms with Gasteiger partial charge in [0.2, 0.25) is 0 Å². The van der Waals surface area contributed by atoms with Crippen LogP contribution in [0, 0.1) is 0 Å². The monoisotopic (exact) mass is 316 g/mol. The Kier molecular flexibility index (Phi) is 480. The minimum atomic E-state index is 0. The van der Waals surface area contributed by atoms with Crippen LogP contribution in [0.3, 0.4) is 0 Å². The van der Waals surface area contributed by atoms with E-state index in [2.05, 4.69) is 0 Å². The zero-order chi connectivity index (χ0) is 0. The van der Waals surface area contributed by atoms with Gasteiger partial charge in [-0.1, -0.05) is 0 Å². The molecule has 0 aromatic heterocycles. The van der Waals surface area contributed by atoms with Crippen LogP contribution < -0.4 is 216 Å². The molecule has 0 heterocycles. The maximum atomic E-state index is 0. The Balaban J connectivity index is 0. The van der Waals surface area contributed by atoms with Crippen molar-refractivity contribution >= 4 is 23.1 Å². The SMILES string of the molecule is [Cl-].[Cl-].[Cl-].[Cl-].[Cl-].[K+].[K+].[K+].[Mg+2]. The van der Waals surface area contributed by atoms with Crippen LogP contribution in [0.1, 0.15) is 0 Å². The van der Waals surface area contributed by atoms with Crippen molar-refractivity contribution in [1.29, 1.82) is 0 Å². The number of hydrogen-bond acceptors (Lipinski definition) is 0.